The van der Waals surface area contributed by atoms with Crippen LogP contribution in [0.15, 0.2) is 35.7 Å². The van der Waals surface area contributed by atoms with E-state index in [1.165, 1.54) is 22.6 Å². The predicted molar refractivity (Wildman–Crippen MR) is 91.4 cm³/mol. The first-order valence-corrected chi connectivity index (χ1v) is 9.21. The number of quaternary nitrogens is 1. The van der Waals surface area contributed by atoms with Crippen LogP contribution in [0.25, 0.3) is 0 Å². The third kappa shape index (κ3) is 3.25. The van der Waals surface area contributed by atoms with Gasteiger partial charge in [-0.25, -0.2) is 0 Å². The maximum Gasteiger partial charge on any atom is 0.275 e. The quantitative estimate of drug-likeness (QED) is 0.864. The van der Waals surface area contributed by atoms with Crippen molar-refractivity contribution >= 4 is 17.2 Å². The van der Waals surface area contributed by atoms with Gasteiger partial charge in [0.1, 0.15) is 6.04 Å². The lowest BCUT2D eigenvalue weighted by atomic mass is 10.2. The van der Waals surface area contributed by atoms with Crippen LogP contribution in [0.2, 0.25) is 0 Å². The molecule has 1 unspecified atom stereocenters. The lowest BCUT2D eigenvalue weighted by molar-refractivity contribution is -0.910. The number of benzene rings is 1. The molecule has 5 nitrogen and oxygen atoms in total. The summed E-state index contributed by atoms with van der Waals surface area (Å²) in [6.07, 6.45) is 2.36. The Hall–Kier alpha value is -2.05. The summed E-state index contributed by atoms with van der Waals surface area (Å²) in [6, 6.07) is 10.5. The fraction of sp³-hybridized carbons (Fsp3) is 0.389. The second-order valence-electron chi connectivity index (χ2n) is 6.26. The van der Waals surface area contributed by atoms with Crippen LogP contribution in [0, 0.1) is 0 Å². The monoisotopic (exact) mass is 345 g/mol. The molecule has 0 radical (unpaired) electrons. The van der Waals surface area contributed by atoms with Crippen molar-refractivity contribution < 1.29 is 19.2 Å². The Kier molecular flexibility index (Phi) is 4.40. The number of nitrogens with one attached hydrogen (secondary N) is 2. The Morgan fingerprint density at radius 3 is 3.08 bits per heavy atom. The summed E-state index contributed by atoms with van der Waals surface area (Å²) in [6.45, 7) is 2.40. The smallest absolute Gasteiger partial charge is 0.275 e. The molecule has 24 heavy (non-hydrogen) atoms. The molecule has 1 aromatic carbocycles. The zero-order chi connectivity index (χ0) is 16.4. The molecule has 1 amide bonds. The zero-order valence-electron chi connectivity index (χ0n) is 13.4. The van der Waals surface area contributed by atoms with Gasteiger partial charge < -0.3 is 19.7 Å². The van der Waals surface area contributed by atoms with E-state index in [9.17, 15) is 4.79 Å². The molecule has 1 aromatic heterocycles. The van der Waals surface area contributed by atoms with Crippen molar-refractivity contribution in [2.24, 2.45) is 0 Å². The fourth-order valence-corrected chi connectivity index (χ4v) is 4.40. The molecule has 0 aliphatic carbocycles. The SMILES string of the molecule is O=C(C[NH+]1CCC[C@@H]1c1cccs1)NCc1ccc2c(c1)OCO2. The van der Waals surface area contributed by atoms with E-state index in [4.69, 9.17) is 9.47 Å². The summed E-state index contributed by atoms with van der Waals surface area (Å²) in [4.78, 5) is 15.1. The summed E-state index contributed by atoms with van der Waals surface area (Å²) in [7, 11) is 0. The first-order valence-electron chi connectivity index (χ1n) is 8.33. The van der Waals surface area contributed by atoms with Crippen LogP contribution >= 0.6 is 11.3 Å². The van der Waals surface area contributed by atoms with Crippen LogP contribution in [0.5, 0.6) is 11.5 Å². The third-order valence-electron chi connectivity index (χ3n) is 4.68. The maximum atomic E-state index is 12.3. The highest BCUT2D eigenvalue weighted by molar-refractivity contribution is 7.10. The minimum Gasteiger partial charge on any atom is -0.454 e. The molecule has 2 aromatic rings. The molecule has 1 saturated heterocycles. The van der Waals surface area contributed by atoms with Crippen LogP contribution in [0.3, 0.4) is 0 Å². The molecular weight excluding hydrogens is 324 g/mol. The molecule has 2 aliphatic rings. The summed E-state index contributed by atoms with van der Waals surface area (Å²) >= 11 is 1.79. The van der Waals surface area contributed by atoms with E-state index in [0.717, 1.165) is 23.6 Å². The minimum atomic E-state index is 0.103. The van der Waals surface area contributed by atoms with Crippen molar-refractivity contribution in [2.75, 3.05) is 19.9 Å². The number of carbonyl (C=O) groups excluding carboxylic acids is 1. The highest BCUT2D eigenvalue weighted by Crippen LogP contribution is 2.32. The van der Waals surface area contributed by atoms with Crippen LogP contribution in [-0.2, 0) is 11.3 Å². The minimum absolute atomic E-state index is 0.103. The van der Waals surface area contributed by atoms with Gasteiger partial charge in [-0.1, -0.05) is 12.1 Å². The van der Waals surface area contributed by atoms with Gasteiger partial charge in [-0.3, -0.25) is 4.79 Å². The summed E-state index contributed by atoms with van der Waals surface area (Å²) in [5.74, 6) is 1.63. The molecule has 0 saturated carbocycles. The fourth-order valence-electron chi connectivity index (χ4n) is 3.48. The average Bonchev–Trinajstić information content (AvgIpc) is 3.32. The Morgan fingerprint density at radius 2 is 2.21 bits per heavy atom. The van der Waals surface area contributed by atoms with Gasteiger partial charge in [-0.05, 0) is 29.1 Å². The van der Waals surface area contributed by atoms with Crippen molar-refractivity contribution in [1.82, 2.24) is 5.32 Å². The molecule has 0 bridgehead atoms. The van der Waals surface area contributed by atoms with Crippen molar-refractivity contribution in [2.45, 2.75) is 25.4 Å². The molecule has 126 valence electrons. The van der Waals surface area contributed by atoms with Crippen molar-refractivity contribution in [3.8, 4) is 11.5 Å². The van der Waals surface area contributed by atoms with Gasteiger partial charge in [-0.15, -0.1) is 11.3 Å². The number of amides is 1. The normalized spacial score (nSPS) is 21.8. The Morgan fingerprint density at radius 1 is 1.29 bits per heavy atom. The van der Waals surface area contributed by atoms with Gasteiger partial charge in [0.25, 0.3) is 5.91 Å². The largest absolute Gasteiger partial charge is 0.454 e. The Balaban J connectivity index is 1.32. The second-order valence-corrected chi connectivity index (χ2v) is 7.24. The van der Waals surface area contributed by atoms with Crippen LogP contribution in [0.1, 0.15) is 29.3 Å². The molecule has 2 aliphatic heterocycles. The summed E-state index contributed by atoms with van der Waals surface area (Å²) < 4.78 is 10.7. The standard InChI is InChI=1S/C18H20N2O3S/c21-18(11-20-7-1-3-14(20)17-4-2-8-24-17)19-10-13-5-6-15-16(9-13)23-12-22-15/h2,4-6,8-9,14H,1,3,7,10-12H2,(H,19,21)/p+1/t14-/m1/s1. The Labute approximate surface area is 145 Å². The van der Waals surface area contributed by atoms with E-state index in [1.54, 1.807) is 11.3 Å². The van der Waals surface area contributed by atoms with Crippen molar-refractivity contribution in [3.63, 3.8) is 0 Å². The van der Waals surface area contributed by atoms with Crippen LogP contribution in [0.4, 0.5) is 0 Å². The van der Waals surface area contributed by atoms with Gasteiger partial charge in [0.15, 0.2) is 18.0 Å². The number of hydrogen-bond donors (Lipinski definition) is 2. The van der Waals surface area contributed by atoms with Gasteiger partial charge in [0.05, 0.1) is 11.4 Å². The van der Waals surface area contributed by atoms with Crippen LogP contribution < -0.4 is 19.7 Å². The van der Waals surface area contributed by atoms with Crippen LogP contribution in [-0.4, -0.2) is 25.8 Å². The molecular formula is C18H21N2O3S+. The van der Waals surface area contributed by atoms with E-state index in [2.05, 4.69) is 22.8 Å². The van der Waals surface area contributed by atoms with Gasteiger partial charge in [0.2, 0.25) is 6.79 Å². The first-order chi connectivity index (χ1) is 11.8. The molecule has 2 atom stereocenters. The summed E-state index contributed by atoms with van der Waals surface area (Å²) in [5.41, 5.74) is 1.03. The van der Waals surface area contributed by atoms with E-state index in [-0.39, 0.29) is 12.7 Å². The summed E-state index contributed by atoms with van der Waals surface area (Å²) in [5, 5.41) is 5.15. The number of carbonyl (C=O) groups is 1. The number of likely N-dealkylation sites (tertiary alicyclic amines) is 1. The van der Waals surface area contributed by atoms with Gasteiger partial charge >= 0.3 is 0 Å². The number of ether oxygens (including phenoxy) is 2. The van der Waals surface area contributed by atoms with Crippen molar-refractivity contribution in [1.29, 1.82) is 0 Å². The predicted octanol–water partition coefficient (Wildman–Crippen LogP) is 1.51. The number of rotatable bonds is 5. The number of hydrogen-bond acceptors (Lipinski definition) is 4. The van der Waals surface area contributed by atoms with E-state index >= 15 is 0 Å². The molecule has 3 heterocycles. The molecule has 4 rings (SSSR count). The molecule has 0 spiro atoms. The van der Waals surface area contributed by atoms with Gasteiger partial charge in [-0.2, -0.15) is 0 Å². The second kappa shape index (κ2) is 6.83. The molecule has 6 heteroatoms. The van der Waals surface area contributed by atoms with Crippen molar-refractivity contribution in [3.05, 3.63) is 46.2 Å². The highest BCUT2D eigenvalue weighted by Gasteiger charge is 2.32. The average molecular weight is 345 g/mol. The van der Waals surface area contributed by atoms with Gasteiger partial charge in [0, 0.05) is 19.4 Å². The maximum absolute atomic E-state index is 12.3. The zero-order valence-corrected chi connectivity index (χ0v) is 14.2. The molecule has 1 fully saturated rings. The number of thiophene rings is 1. The molecule has 2 N–H and O–H groups in total. The van der Waals surface area contributed by atoms with E-state index in [0.29, 0.717) is 19.1 Å². The Bertz CT molecular complexity index is 717. The van der Waals surface area contributed by atoms with E-state index < -0.39 is 0 Å². The lowest BCUT2D eigenvalue weighted by Crippen LogP contribution is -3.11. The van der Waals surface area contributed by atoms with E-state index in [1.807, 2.05) is 18.2 Å². The number of fused-ring (bicyclic) bond motifs is 1. The third-order valence-corrected chi connectivity index (χ3v) is 5.67. The highest BCUT2D eigenvalue weighted by atomic mass is 32.1. The topological polar surface area (TPSA) is 52.0 Å². The lowest BCUT2D eigenvalue weighted by Gasteiger charge is -2.20. The first kappa shape index (κ1) is 15.5.